The van der Waals surface area contributed by atoms with Gasteiger partial charge in [0.05, 0.1) is 6.10 Å². The molecule has 1 saturated carbocycles. The van der Waals surface area contributed by atoms with E-state index < -0.39 is 11.8 Å². The number of nitrogens with one attached hydrogen (secondary N) is 2. The molecular weight excluding hydrogens is 322 g/mol. The van der Waals surface area contributed by atoms with E-state index in [1.807, 2.05) is 30.3 Å². The minimum atomic E-state index is -0.544. The van der Waals surface area contributed by atoms with Crippen molar-refractivity contribution in [3.05, 3.63) is 42.1 Å². The summed E-state index contributed by atoms with van der Waals surface area (Å²) < 4.78 is 10.7. The molecule has 1 heterocycles. The van der Waals surface area contributed by atoms with Gasteiger partial charge in [0.15, 0.2) is 11.5 Å². The van der Waals surface area contributed by atoms with Gasteiger partial charge in [0.2, 0.25) is 0 Å². The molecule has 0 bridgehead atoms. The van der Waals surface area contributed by atoms with Crippen LogP contribution in [0, 0.1) is 0 Å². The van der Waals surface area contributed by atoms with E-state index in [-0.39, 0.29) is 18.4 Å². The van der Waals surface area contributed by atoms with Gasteiger partial charge in [-0.2, -0.15) is 0 Å². The Morgan fingerprint density at radius 1 is 1.12 bits per heavy atom. The van der Waals surface area contributed by atoms with E-state index in [1.165, 1.54) is 12.5 Å². The van der Waals surface area contributed by atoms with E-state index in [2.05, 4.69) is 16.0 Å². The second-order valence-corrected chi connectivity index (χ2v) is 6.02. The molecule has 1 aliphatic rings. The fraction of sp³-hybridized carbons (Fsp3) is 0.389. The molecule has 2 N–H and O–H groups in total. The first-order valence-electron chi connectivity index (χ1n) is 8.45. The van der Waals surface area contributed by atoms with Crippen molar-refractivity contribution in [2.45, 2.75) is 38.2 Å². The second kappa shape index (κ2) is 8.43. The van der Waals surface area contributed by atoms with Gasteiger partial charge in [0.25, 0.3) is 11.8 Å². The average Bonchev–Trinajstić information content (AvgIpc) is 3.16. The maximum Gasteiger partial charge on any atom is 0.291 e. The molecule has 2 aromatic rings. The fourth-order valence-corrected chi connectivity index (χ4v) is 2.77. The van der Waals surface area contributed by atoms with Gasteiger partial charge in [-0.1, -0.05) is 54.8 Å². The molecule has 1 fully saturated rings. The van der Waals surface area contributed by atoms with Crippen molar-refractivity contribution in [3.63, 3.8) is 0 Å². The van der Waals surface area contributed by atoms with E-state index in [9.17, 15) is 9.59 Å². The first-order valence-corrected chi connectivity index (χ1v) is 8.45. The van der Waals surface area contributed by atoms with Crippen molar-refractivity contribution < 1.29 is 18.8 Å². The highest BCUT2D eigenvalue weighted by Crippen LogP contribution is 2.20. The number of ether oxygens (including phenoxy) is 1. The molecule has 1 aromatic heterocycles. The number of carbonyl (C=O) groups excluding carboxylic acids is 2. The zero-order valence-corrected chi connectivity index (χ0v) is 13.9. The van der Waals surface area contributed by atoms with Gasteiger partial charge in [-0.3, -0.25) is 20.4 Å². The highest BCUT2D eigenvalue weighted by atomic mass is 16.5. The van der Waals surface area contributed by atoms with Crippen LogP contribution >= 0.6 is 0 Å². The van der Waals surface area contributed by atoms with Crippen LogP contribution in [0.4, 0.5) is 0 Å². The summed E-state index contributed by atoms with van der Waals surface area (Å²) in [6.45, 7) is -0.0704. The summed E-state index contributed by atoms with van der Waals surface area (Å²) in [6.07, 6.45) is 5.61. The third-order valence-electron chi connectivity index (χ3n) is 4.12. The van der Waals surface area contributed by atoms with E-state index in [4.69, 9.17) is 9.26 Å². The highest BCUT2D eigenvalue weighted by Gasteiger charge is 2.17. The Morgan fingerprint density at radius 3 is 2.64 bits per heavy atom. The topological polar surface area (TPSA) is 93.5 Å². The second-order valence-electron chi connectivity index (χ2n) is 6.02. The third kappa shape index (κ3) is 4.90. The molecule has 0 atom stereocenters. The molecule has 3 rings (SSSR count). The zero-order chi connectivity index (χ0) is 17.5. The molecule has 0 aliphatic heterocycles. The molecule has 0 saturated heterocycles. The Hall–Kier alpha value is -2.67. The quantitative estimate of drug-likeness (QED) is 0.814. The van der Waals surface area contributed by atoms with Gasteiger partial charge in [-0.15, -0.1) is 0 Å². The van der Waals surface area contributed by atoms with Crippen molar-refractivity contribution in [2.24, 2.45) is 0 Å². The van der Waals surface area contributed by atoms with Crippen LogP contribution in [0.2, 0.25) is 0 Å². The average molecular weight is 343 g/mol. The molecule has 25 heavy (non-hydrogen) atoms. The van der Waals surface area contributed by atoms with Crippen LogP contribution in [0.3, 0.4) is 0 Å². The van der Waals surface area contributed by atoms with Crippen molar-refractivity contribution in [1.29, 1.82) is 0 Å². The molecule has 0 spiro atoms. The number of hydrogen-bond donors (Lipinski definition) is 2. The standard InChI is InChI=1S/C18H21N3O4/c22-17(12-24-14-9-5-2-6-10-14)19-20-18(23)15-11-16(25-21-15)13-7-3-1-4-8-13/h1,3-4,7-8,11,14H,2,5-6,9-10,12H2,(H,19,22)(H,20,23). The predicted octanol–water partition coefficient (Wildman–Crippen LogP) is 2.45. The Labute approximate surface area is 145 Å². The lowest BCUT2D eigenvalue weighted by Crippen LogP contribution is -2.44. The van der Waals surface area contributed by atoms with Crippen molar-refractivity contribution in [3.8, 4) is 11.3 Å². The summed E-state index contributed by atoms with van der Waals surface area (Å²) in [4.78, 5) is 23.8. The number of hydrazine groups is 1. The van der Waals surface area contributed by atoms with Crippen LogP contribution in [0.1, 0.15) is 42.6 Å². The first-order chi connectivity index (χ1) is 12.2. The van der Waals surface area contributed by atoms with Crippen LogP contribution in [-0.2, 0) is 9.53 Å². The molecule has 1 aromatic carbocycles. The number of amides is 2. The van der Waals surface area contributed by atoms with Gasteiger partial charge < -0.3 is 9.26 Å². The Morgan fingerprint density at radius 2 is 1.88 bits per heavy atom. The fourth-order valence-electron chi connectivity index (χ4n) is 2.77. The van der Waals surface area contributed by atoms with E-state index in [0.717, 1.165) is 31.2 Å². The number of rotatable bonds is 5. The van der Waals surface area contributed by atoms with Crippen LogP contribution in [0.5, 0.6) is 0 Å². The molecule has 7 heteroatoms. The van der Waals surface area contributed by atoms with E-state index in [1.54, 1.807) is 0 Å². The minimum Gasteiger partial charge on any atom is -0.368 e. The summed E-state index contributed by atoms with van der Waals surface area (Å²) in [7, 11) is 0. The lowest BCUT2D eigenvalue weighted by molar-refractivity contribution is -0.129. The molecule has 1 aliphatic carbocycles. The van der Waals surface area contributed by atoms with Crippen LogP contribution < -0.4 is 10.9 Å². The lowest BCUT2D eigenvalue weighted by Gasteiger charge is -2.21. The predicted molar refractivity (Wildman–Crippen MR) is 90.4 cm³/mol. The summed E-state index contributed by atoms with van der Waals surface area (Å²) in [6, 6.07) is 10.8. The minimum absolute atomic E-state index is 0.0704. The first kappa shape index (κ1) is 17.2. The largest absolute Gasteiger partial charge is 0.368 e. The van der Waals surface area contributed by atoms with Crippen molar-refractivity contribution in [2.75, 3.05) is 6.61 Å². The summed E-state index contributed by atoms with van der Waals surface area (Å²) in [5.74, 6) is -0.458. The number of hydrogen-bond acceptors (Lipinski definition) is 5. The summed E-state index contributed by atoms with van der Waals surface area (Å²) in [5, 5.41) is 3.72. The molecule has 7 nitrogen and oxygen atoms in total. The maximum atomic E-state index is 12.0. The molecule has 0 radical (unpaired) electrons. The molecule has 132 valence electrons. The number of aromatic nitrogens is 1. The Kier molecular flexibility index (Phi) is 5.79. The van der Waals surface area contributed by atoms with Gasteiger partial charge in [-0.25, -0.2) is 0 Å². The molecule has 2 amide bonds. The van der Waals surface area contributed by atoms with E-state index >= 15 is 0 Å². The monoisotopic (exact) mass is 343 g/mol. The Balaban J connectivity index is 1.44. The van der Waals surface area contributed by atoms with Gasteiger partial charge in [0, 0.05) is 11.6 Å². The lowest BCUT2D eigenvalue weighted by atomic mass is 9.98. The summed E-state index contributed by atoms with van der Waals surface area (Å²) in [5.41, 5.74) is 5.54. The highest BCUT2D eigenvalue weighted by molar-refractivity contribution is 5.94. The van der Waals surface area contributed by atoms with Crippen LogP contribution in [-0.4, -0.2) is 29.7 Å². The number of benzene rings is 1. The van der Waals surface area contributed by atoms with Gasteiger partial charge in [0.1, 0.15) is 6.61 Å². The smallest absolute Gasteiger partial charge is 0.291 e. The van der Waals surface area contributed by atoms with Gasteiger partial charge >= 0.3 is 0 Å². The van der Waals surface area contributed by atoms with Crippen molar-refractivity contribution in [1.82, 2.24) is 16.0 Å². The normalized spacial score (nSPS) is 14.9. The van der Waals surface area contributed by atoms with E-state index in [0.29, 0.717) is 5.76 Å². The Bertz CT molecular complexity index is 708. The summed E-state index contributed by atoms with van der Waals surface area (Å²) >= 11 is 0. The molecular formula is C18H21N3O4. The third-order valence-corrected chi connectivity index (χ3v) is 4.12. The molecule has 0 unspecified atom stereocenters. The zero-order valence-electron chi connectivity index (χ0n) is 13.9. The maximum absolute atomic E-state index is 12.0. The van der Waals surface area contributed by atoms with Crippen LogP contribution in [0.15, 0.2) is 40.9 Å². The number of nitrogens with zero attached hydrogens (tertiary/aromatic N) is 1. The van der Waals surface area contributed by atoms with Crippen LogP contribution in [0.25, 0.3) is 11.3 Å². The van der Waals surface area contributed by atoms with Crippen molar-refractivity contribution >= 4 is 11.8 Å². The van der Waals surface area contributed by atoms with Gasteiger partial charge in [-0.05, 0) is 12.8 Å². The SMILES string of the molecule is O=C(COC1CCCCC1)NNC(=O)c1cc(-c2ccccc2)on1. The number of carbonyl (C=O) groups is 2.